The minimum Gasteiger partial charge on any atom is -0.493 e. The Morgan fingerprint density at radius 3 is 2.54 bits per heavy atom. The second-order valence-corrected chi connectivity index (χ2v) is 6.28. The van der Waals surface area contributed by atoms with Crippen LogP contribution in [0.3, 0.4) is 0 Å². The van der Waals surface area contributed by atoms with Gasteiger partial charge in [-0.1, -0.05) is 36.4 Å². The molecule has 0 aliphatic carbocycles. The molecule has 0 spiro atoms. The summed E-state index contributed by atoms with van der Waals surface area (Å²) in [7, 11) is 1.43. The maximum atomic E-state index is 12.3. The molecule has 1 atom stereocenters. The highest BCUT2D eigenvalue weighted by Crippen LogP contribution is 2.31. The van der Waals surface area contributed by atoms with Crippen LogP contribution < -0.4 is 14.8 Å². The molecular formula is C21H20N2O5. The first-order valence-electron chi connectivity index (χ1n) is 8.71. The molecule has 3 aromatic rings. The lowest BCUT2D eigenvalue weighted by atomic mass is 10.0. The highest BCUT2D eigenvalue weighted by molar-refractivity contribution is 5.83. The van der Waals surface area contributed by atoms with E-state index in [9.17, 15) is 14.9 Å². The van der Waals surface area contributed by atoms with Crippen LogP contribution in [0, 0.1) is 10.1 Å². The number of nitro groups is 1. The van der Waals surface area contributed by atoms with Crippen LogP contribution in [-0.4, -0.2) is 24.5 Å². The number of non-ortho nitro benzene ring substituents is 1. The predicted molar refractivity (Wildman–Crippen MR) is 106 cm³/mol. The van der Waals surface area contributed by atoms with Crippen LogP contribution in [-0.2, 0) is 4.79 Å². The molecule has 1 N–H and O–H groups in total. The molecule has 3 aromatic carbocycles. The fraction of sp³-hybridized carbons (Fsp3) is 0.190. The third kappa shape index (κ3) is 4.37. The summed E-state index contributed by atoms with van der Waals surface area (Å²) in [6, 6.07) is 17.8. The molecular weight excluding hydrogens is 360 g/mol. The van der Waals surface area contributed by atoms with Crippen LogP contribution in [0.4, 0.5) is 5.69 Å². The van der Waals surface area contributed by atoms with Gasteiger partial charge in [0.25, 0.3) is 11.6 Å². The van der Waals surface area contributed by atoms with Crippen molar-refractivity contribution in [3.8, 4) is 11.5 Å². The standard InChI is InChI=1S/C21H20N2O5/c1-14(16-8-7-15-5-3-4-6-17(15)11-16)22-21(24)13-28-20-12-18(23(25)26)9-10-19(20)27-2/h3-12,14H,13H2,1-2H3,(H,22,24). The fourth-order valence-corrected chi connectivity index (χ4v) is 2.88. The molecule has 1 amide bonds. The molecule has 0 fully saturated rings. The highest BCUT2D eigenvalue weighted by Gasteiger charge is 2.15. The second-order valence-electron chi connectivity index (χ2n) is 6.28. The number of ether oxygens (including phenoxy) is 2. The Kier molecular flexibility index (Phi) is 5.74. The van der Waals surface area contributed by atoms with Crippen molar-refractivity contribution < 1.29 is 19.2 Å². The van der Waals surface area contributed by atoms with E-state index in [2.05, 4.69) is 5.32 Å². The van der Waals surface area contributed by atoms with Crippen LogP contribution in [0.25, 0.3) is 10.8 Å². The highest BCUT2D eigenvalue weighted by atomic mass is 16.6. The van der Waals surface area contributed by atoms with Crippen molar-refractivity contribution in [3.63, 3.8) is 0 Å². The van der Waals surface area contributed by atoms with Crippen molar-refractivity contribution in [2.75, 3.05) is 13.7 Å². The lowest BCUT2D eigenvalue weighted by Crippen LogP contribution is -2.31. The van der Waals surface area contributed by atoms with Crippen molar-refractivity contribution in [1.82, 2.24) is 5.32 Å². The summed E-state index contributed by atoms with van der Waals surface area (Å²) in [5.41, 5.74) is 0.834. The van der Waals surface area contributed by atoms with Gasteiger partial charge in [-0.05, 0) is 35.4 Å². The summed E-state index contributed by atoms with van der Waals surface area (Å²) < 4.78 is 10.6. The van der Waals surface area contributed by atoms with Gasteiger partial charge in [0.15, 0.2) is 18.1 Å². The fourth-order valence-electron chi connectivity index (χ4n) is 2.88. The molecule has 7 nitrogen and oxygen atoms in total. The summed E-state index contributed by atoms with van der Waals surface area (Å²) in [6.45, 7) is 1.60. The molecule has 0 saturated heterocycles. The van der Waals surface area contributed by atoms with E-state index < -0.39 is 4.92 Å². The van der Waals surface area contributed by atoms with Gasteiger partial charge in [-0.25, -0.2) is 0 Å². The third-order valence-corrected chi connectivity index (χ3v) is 4.37. The van der Waals surface area contributed by atoms with E-state index in [0.717, 1.165) is 16.3 Å². The first-order valence-corrected chi connectivity index (χ1v) is 8.71. The Balaban J connectivity index is 1.65. The maximum absolute atomic E-state index is 12.3. The Hall–Kier alpha value is -3.61. The van der Waals surface area contributed by atoms with Crippen molar-refractivity contribution >= 4 is 22.4 Å². The van der Waals surface area contributed by atoms with Crippen molar-refractivity contribution in [3.05, 3.63) is 76.3 Å². The zero-order chi connectivity index (χ0) is 20.1. The number of carbonyl (C=O) groups is 1. The Bertz CT molecular complexity index is 1020. The number of rotatable bonds is 7. The molecule has 7 heteroatoms. The number of benzene rings is 3. The van der Waals surface area contributed by atoms with Crippen molar-refractivity contribution in [2.24, 2.45) is 0 Å². The van der Waals surface area contributed by atoms with Crippen LogP contribution >= 0.6 is 0 Å². The lowest BCUT2D eigenvalue weighted by molar-refractivity contribution is -0.385. The number of methoxy groups -OCH3 is 1. The molecule has 0 aliphatic rings. The first kappa shape index (κ1) is 19.2. The number of amides is 1. The smallest absolute Gasteiger partial charge is 0.273 e. The zero-order valence-electron chi connectivity index (χ0n) is 15.5. The van der Waals surface area contributed by atoms with Gasteiger partial charge in [-0.3, -0.25) is 14.9 Å². The zero-order valence-corrected chi connectivity index (χ0v) is 15.5. The van der Waals surface area contributed by atoms with E-state index in [1.807, 2.05) is 49.4 Å². The minimum atomic E-state index is -0.534. The van der Waals surface area contributed by atoms with Gasteiger partial charge >= 0.3 is 0 Å². The number of hydrogen-bond acceptors (Lipinski definition) is 5. The van der Waals surface area contributed by atoms with E-state index in [1.165, 1.54) is 25.3 Å². The average Bonchev–Trinajstić information content (AvgIpc) is 2.71. The van der Waals surface area contributed by atoms with Gasteiger partial charge in [-0.2, -0.15) is 0 Å². The van der Waals surface area contributed by atoms with Gasteiger partial charge < -0.3 is 14.8 Å². The number of carbonyl (C=O) groups excluding carboxylic acids is 1. The number of nitrogens with one attached hydrogen (secondary N) is 1. The molecule has 0 saturated carbocycles. The van der Waals surface area contributed by atoms with Gasteiger partial charge in [0, 0.05) is 6.07 Å². The quantitative estimate of drug-likeness (QED) is 0.494. The van der Waals surface area contributed by atoms with E-state index in [-0.39, 0.29) is 30.0 Å². The predicted octanol–water partition coefficient (Wildman–Crippen LogP) is 4.01. The van der Waals surface area contributed by atoms with Crippen LogP contribution in [0.5, 0.6) is 11.5 Å². The normalized spacial score (nSPS) is 11.6. The molecule has 0 aromatic heterocycles. The van der Waals surface area contributed by atoms with E-state index >= 15 is 0 Å². The largest absolute Gasteiger partial charge is 0.493 e. The SMILES string of the molecule is COc1ccc([N+](=O)[O-])cc1OCC(=O)NC(C)c1ccc2ccccc2c1. The monoisotopic (exact) mass is 380 g/mol. The number of fused-ring (bicyclic) bond motifs is 1. The summed E-state index contributed by atoms with van der Waals surface area (Å²) in [4.78, 5) is 22.7. The number of nitrogens with zero attached hydrogens (tertiary/aromatic N) is 1. The van der Waals surface area contributed by atoms with Crippen LogP contribution in [0.2, 0.25) is 0 Å². The summed E-state index contributed by atoms with van der Waals surface area (Å²) >= 11 is 0. The minimum absolute atomic E-state index is 0.138. The molecule has 0 bridgehead atoms. The second kappa shape index (κ2) is 8.39. The van der Waals surface area contributed by atoms with E-state index in [1.54, 1.807) is 0 Å². The Morgan fingerprint density at radius 2 is 1.82 bits per heavy atom. The summed E-state index contributed by atoms with van der Waals surface area (Å²) in [6.07, 6.45) is 0. The van der Waals surface area contributed by atoms with E-state index in [0.29, 0.717) is 5.75 Å². The topological polar surface area (TPSA) is 90.7 Å². The van der Waals surface area contributed by atoms with Gasteiger partial charge in [0.2, 0.25) is 0 Å². The van der Waals surface area contributed by atoms with Crippen LogP contribution in [0.1, 0.15) is 18.5 Å². The first-order chi connectivity index (χ1) is 13.5. The molecule has 144 valence electrons. The maximum Gasteiger partial charge on any atom is 0.273 e. The van der Waals surface area contributed by atoms with Gasteiger partial charge in [0.1, 0.15) is 0 Å². The molecule has 0 aliphatic heterocycles. The molecule has 0 radical (unpaired) electrons. The molecule has 1 unspecified atom stereocenters. The lowest BCUT2D eigenvalue weighted by Gasteiger charge is -2.16. The Morgan fingerprint density at radius 1 is 1.07 bits per heavy atom. The summed E-state index contributed by atoms with van der Waals surface area (Å²) in [5, 5.41) is 16.0. The molecule has 0 heterocycles. The van der Waals surface area contributed by atoms with Crippen molar-refractivity contribution in [2.45, 2.75) is 13.0 Å². The summed E-state index contributed by atoms with van der Waals surface area (Å²) in [5.74, 6) is 0.125. The Labute approximate surface area is 162 Å². The van der Waals surface area contributed by atoms with Gasteiger partial charge in [-0.15, -0.1) is 0 Å². The van der Waals surface area contributed by atoms with E-state index in [4.69, 9.17) is 9.47 Å². The number of hydrogen-bond donors (Lipinski definition) is 1. The van der Waals surface area contributed by atoms with Crippen molar-refractivity contribution in [1.29, 1.82) is 0 Å². The molecule has 28 heavy (non-hydrogen) atoms. The third-order valence-electron chi connectivity index (χ3n) is 4.37. The average molecular weight is 380 g/mol. The molecule has 3 rings (SSSR count). The van der Waals surface area contributed by atoms with Gasteiger partial charge in [0.05, 0.1) is 24.1 Å². The number of nitro benzene ring substituents is 1. The van der Waals surface area contributed by atoms with Crippen LogP contribution in [0.15, 0.2) is 60.7 Å².